The number of benzene rings is 1. The summed E-state index contributed by atoms with van der Waals surface area (Å²) in [6.07, 6.45) is 4.21. The lowest BCUT2D eigenvalue weighted by molar-refractivity contribution is 0.0280. The fourth-order valence-electron chi connectivity index (χ4n) is 2.39. The van der Waals surface area contributed by atoms with Crippen molar-refractivity contribution < 1.29 is 13.9 Å². The van der Waals surface area contributed by atoms with Gasteiger partial charge in [0.15, 0.2) is 0 Å². The third-order valence-corrected chi connectivity index (χ3v) is 3.54. The number of anilines is 1. The lowest BCUT2D eigenvalue weighted by Gasteiger charge is -2.26. The average molecular weight is 295 g/mol. The molecule has 21 heavy (non-hydrogen) atoms. The number of hydrogen-bond acceptors (Lipinski definition) is 3. The maximum atomic E-state index is 13.0. The molecular weight excluding hydrogens is 273 g/mol. The van der Waals surface area contributed by atoms with Crippen molar-refractivity contribution in [2.24, 2.45) is 5.73 Å². The van der Waals surface area contributed by atoms with E-state index in [1.807, 2.05) is 0 Å². The van der Waals surface area contributed by atoms with Crippen LogP contribution < -0.4 is 16.4 Å². The van der Waals surface area contributed by atoms with Crippen molar-refractivity contribution in [3.05, 3.63) is 30.1 Å². The fourth-order valence-corrected chi connectivity index (χ4v) is 2.39. The first-order valence-electron chi connectivity index (χ1n) is 7.31. The van der Waals surface area contributed by atoms with Gasteiger partial charge in [-0.2, -0.15) is 0 Å². The molecule has 1 fully saturated rings. The van der Waals surface area contributed by atoms with E-state index in [1.165, 1.54) is 12.1 Å². The minimum Gasteiger partial charge on any atom is -0.376 e. The summed E-state index contributed by atoms with van der Waals surface area (Å²) >= 11 is 0. The van der Waals surface area contributed by atoms with Gasteiger partial charge in [-0.05, 0) is 43.9 Å². The van der Waals surface area contributed by atoms with Crippen LogP contribution in [0.5, 0.6) is 0 Å². The summed E-state index contributed by atoms with van der Waals surface area (Å²) in [5.74, 6) is -0.383. The van der Waals surface area contributed by atoms with Gasteiger partial charge in [0.2, 0.25) is 0 Å². The molecule has 116 valence electrons. The maximum Gasteiger partial charge on any atom is 0.319 e. The number of carbonyl (C=O) groups is 1. The van der Waals surface area contributed by atoms with Gasteiger partial charge in [0, 0.05) is 18.3 Å². The van der Waals surface area contributed by atoms with E-state index in [-0.39, 0.29) is 18.0 Å². The standard InChI is InChI=1S/C15H22FN3O2/c16-11-2-1-3-13(10-11)19-15(20)18-8-9-21-14-6-4-12(17)5-7-14/h1-3,10,12,14H,4-9,17H2,(H2,18,19,20). The van der Waals surface area contributed by atoms with Crippen molar-refractivity contribution in [1.82, 2.24) is 5.32 Å². The van der Waals surface area contributed by atoms with Gasteiger partial charge in [0.25, 0.3) is 0 Å². The zero-order valence-corrected chi connectivity index (χ0v) is 12.0. The Morgan fingerprint density at radius 1 is 1.33 bits per heavy atom. The number of amides is 2. The van der Waals surface area contributed by atoms with Gasteiger partial charge in [-0.1, -0.05) is 6.07 Å². The second-order valence-corrected chi connectivity index (χ2v) is 5.30. The van der Waals surface area contributed by atoms with Gasteiger partial charge in [-0.3, -0.25) is 0 Å². The third kappa shape index (κ3) is 5.69. The highest BCUT2D eigenvalue weighted by Gasteiger charge is 2.18. The predicted octanol–water partition coefficient (Wildman–Crippen LogP) is 2.23. The summed E-state index contributed by atoms with van der Waals surface area (Å²) in [7, 11) is 0. The molecule has 0 saturated heterocycles. The molecule has 1 aliphatic rings. The predicted molar refractivity (Wildman–Crippen MR) is 79.6 cm³/mol. The molecule has 4 N–H and O–H groups in total. The van der Waals surface area contributed by atoms with Crippen LogP contribution in [0.2, 0.25) is 0 Å². The summed E-state index contributed by atoms with van der Waals surface area (Å²) in [6.45, 7) is 0.889. The van der Waals surface area contributed by atoms with Crippen LogP contribution in [0.3, 0.4) is 0 Å². The van der Waals surface area contributed by atoms with Crippen molar-refractivity contribution >= 4 is 11.7 Å². The first-order valence-corrected chi connectivity index (χ1v) is 7.31. The Labute approximate surface area is 124 Å². The zero-order valence-electron chi connectivity index (χ0n) is 12.0. The first kappa shape index (κ1) is 15.7. The molecule has 1 aromatic rings. The second-order valence-electron chi connectivity index (χ2n) is 5.30. The highest BCUT2D eigenvalue weighted by Crippen LogP contribution is 2.19. The van der Waals surface area contributed by atoms with Gasteiger partial charge in [0.1, 0.15) is 5.82 Å². The molecule has 6 heteroatoms. The summed E-state index contributed by atoms with van der Waals surface area (Å²) in [6, 6.07) is 5.70. The molecule has 0 spiro atoms. The van der Waals surface area contributed by atoms with Crippen LogP contribution in [0.25, 0.3) is 0 Å². The van der Waals surface area contributed by atoms with Gasteiger partial charge < -0.3 is 21.1 Å². The molecule has 5 nitrogen and oxygen atoms in total. The van der Waals surface area contributed by atoms with Crippen molar-refractivity contribution in [2.75, 3.05) is 18.5 Å². The quantitative estimate of drug-likeness (QED) is 0.729. The van der Waals surface area contributed by atoms with E-state index in [1.54, 1.807) is 12.1 Å². The maximum absolute atomic E-state index is 13.0. The van der Waals surface area contributed by atoms with Crippen LogP contribution in [0.4, 0.5) is 14.9 Å². The van der Waals surface area contributed by atoms with Gasteiger partial charge >= 0.3 is 6.03 Å². The number of hydrogen-bond donors (Lipinski definition) is 3. The SMILES string of the molecule is NC1CCC(OCCNC(=O)Nc2cccc(F)c2)CC1. The van der Waals surface area contributed by atoms with Gasteiger partial charge in [0.05, 0.1) is 12.7 Å². The highest BCUT2D eigenvalue weighted by atomic mass is 19.1. The van der Waals surface area contributed by atoms with Crippen molar-refractivity contribution in [3.8, 4) is 0 Å². The average Bonchev–Trinajstić information content (AvgIpc) is 2.45. The van der Waals surface area contributed by atoms with Crippen LogP contribution in [-0.4, -0.2) is 31.3 Å². The molecule has 0 aromatic heterocycles. The number of nitrogens with one attached hydrogen (secondary N) is 2. The number of nitrogens with two attached hydrogens (primary N) is 1. The number of halogens is 1. The fraction of sp³-hybridized carbons (Fsp3) is 0.533. The molecule has 1 saturated carbocycles. The second kappa shape index (κ2) is 7.95. The summed E-state index contributed by atoms with van der Waals surface area (Å²) in [4.78, 5) is 11.6. The Hall–Kier alpha value is -1.66. The molecule has 0 unspecified atom stereocenters. The molecule has 2 amide bonds. The molecule has 0 radical (unpaired) electrons. The smallest absolute Gasteiger partial charge is 0.319 e. The van der Waals surface area contributed by atoms with Gasteiger partial charge in [-0.25, -0.2) is 9.18 Å². The van der Waals surface area contributed by atoms with E-state index in [2.05, 4.69) is 10.6 Å². The Kier molecular flexibility index (Phi) is 5.95. The molecule has 1 aliphatic carbocycles. The lowest BCUT2D eigenvalue weighted by Crippen LogP contribution is -2.34. The highest BCUT2D eigenvalue weighted by molar-refractivity contribution is 5.89. The van der Waals surface area contributed by atoms with E-state index in [4.69, 9.17) is 10.5 Å². The monoisotopic (exact) mass is 295 g/mol. The molecule has 0 atom stereocenters. The Balaban J connectivity index is 1.59. The van der Waals surface area contributed by atoms with Crippen molar-refractivity contribution in [1.29, 1.82) is 0 Å². The van der Waals surface area contributed by atoms with E-state index < -0.39 is 0 Å². The van der Waals surface area contributed by atoms with E-state index in [9.17, 15) is 9.18 Å². The first-order chi connectivity index (χ1) is 10.1. The Morgan fingerprint density at radius 3 is 2.81 bits per heavy atom. The molecule has 0 heterocycles. The summed E-state index contributed by atoms with van der Waals surface area (Å²) in [5.41, 5.74) is 6.25. The number of rotatable bonds is 5. The number of carbonyl (C=O) groups excluding carboxylic acids is 1. The van der Waals surface area contributed by atoms with Crippen LogP contribution in [0, 0.1) is 5.82 Å². The molecule has 1 aromatic carbocycles. The summed E-state index contributed by atoms with van der Waals surface area (Å²) < 4.78 is 18.6. The van der Waals surface area contributed by atoms with Crippen LogP contribution in [-0.2, 0) is 4.74 Å². The largest absolute Gasteiger partial charge is 0.376 e. The normalized spacial score (nSPS) is 21.8. The van der Waals surface area contributed by atoms with Crippen LogP contribution in [0.15, 0.2) is 24.3 Å². The van der Waals surface area contributed by atoms with E-state index in [0.29, 0.717) is 24.9 Å². The minimum absolute atomic E-state index is 0.248. The van der Waals surface area contributed by atoms with Gasteiger partial charge in [-0.15, -0.1) is 0 Å². The molecular formula is C15H22FN3O2. The van der Waals surface area contributed by atoms with Crippen molar-refractivity contribution in [2.45, 2.75) is 37.8 Å². The molecule has 0 aliphatic heterocycles. The summed E-state index contributed by atoms with van der Waals surface area (Å²) in [5, 5.41) is 5.24. The van der Waals surface area contributed by atoms with Crippen LogP contribution in [0.1, 0.15) is 25.7 Å². The lowest BCUT2D eigenvalue weighted by atomic mass is 9.94. The molecule has 2 rings (SSSR count). The number of ether oxygens (including phenoxy) is 1. The third-order valence-electron chi connectivity index (χ3n) is 3.54. The van der Waals surface area contributed by atoms with Crippen molar-refractivity contribution in [3.63, 3.8) is 0 Å². The Bertz CT molecular complexity index is 462. The number of urea groups is 1. The minimum atomic E-state index is -0.383. The molecule has 0 bridgehead atoms. The topological polar surface area (TPSA) is 76.4 Å². The Morgan fingerprint density at radius 2 is 2.10 bits per heavy atom. The van der Waals surface area contributed by atoms with E-state index >= 15 is 0 Å². The van der Waals surface area contributed by atoms with Crippen LogP contribution >= 0.6 is 0 Å². The van der Waals surface area contributed by atoms with E-state index in [0.717, 1.165) is 25.7 Å². The zero-order chi connectivity index (χ0) is 15.1.